The van der Waals surface area contributed by atoms with E-state index in [0.717, 1.165) is 31.9 Å². The molecule has 1 aliphatic rings. The molecule has 1 heterocycles. The highest BCUT2D eigenvalue weighted by molar-refractivity contribution is 5.91. The molecule has 1 aromatic carbocycles. The molecule has 0 spiro atoms. The van der Waals surface area contributed by atoms with Gasteiger partial charge in [0.1, 0.15) is 0 Å². The van der Waals surface area contributed by atoms with E-state index >= 15 is 0 Å². The van der Waals surface area contributed by atoms with Crippen molar-refractivity contribution in [1.29, 1.82) is 0 Å². The molecule has 0 radical (unpaired) electrons. The minimum absolute atomic E-state index is 0.0929. The molecule has 2 rings (SSSR count). The number of hydrogen-bond acceptors (Lipinski definition) is 4. The SMILES string of the molecule is CCCN1CCN(c2ccc(NC(=O)CCNC(C)=O)cc2)CC1. The molecule has 0 unspecified atom stereocenters. The number of nitrogens with zero attached hydrogens (tertiary/aromatic N) is 2. The zero-order chi connectivity index (χ0) is 17.4. The van der Waals surface area contributed by atoms with Crippen LogP contribution in [0.5, 0.6) is 0 Å². The van der Waals surface area contributed by atoms with Crippen molar-refractivity contribution < 1.29 is 9.59 Å². The second-order valence-corrected chi connectivity index (χ2v) is 6.16. The molecule has 1 aromatic rings. The Morgan fingerprint density at radius 3 is 2.33 bits per heavy atom. The summed E-state index contributed by atoms with van der Waals surface area (Å²) < 4.78 is 0. The number of amides is 2. The first-order chi connectivity index (χ1) is 11.6. The third-order valence-electron chi connectivity index (χ3n) is 4.15. The van der Waals surface area contributed by atoms with Gasteiger partial charge in [0.2, 0.25) is 11.8 Å². The fourth-order valence-electron chi connectivity index (χ4n) is 2.88. The Balaban J connectivity index is 1.78. The Morgan fingerprint density at radius 2 is 1.75 bits per heavy atom. The summed E-state index contributed by atoms with van der Waals surface area (Å²) in [4.78, 5) is 27.5. The van der Waals surface area contributed by atoms with Crippen molar-refractivity contribution >= 4 is 23.2 Å². The summed E-state index contributed by atoms with van der Waals surface area (Å²) in [5.41, 5.74) is 1.98. The zero-order valence-electron chi connectivity index (χ0n) is 14.7. The van der Waals surface area contributed by atoms with Gasteiger partial charge in [-0.2, -0.15) is 0 Å². The first kappa shape index (κ1) is 18.3. The highest BCUT2D eigenvalue weighted by atomic mass is 16.2. The molecule has 132 valence electrons. The quantitative estimate of drug-likeness (QED) is 0.797. The number of anilines is 2. The second kappa shape index (κ2) is 9.27. The van der Waals surface area contributed by atoms with Gasteiger partial charge in [0.05, 0.1) is 0 Å². The molecule has 6 nitrogen and oxygen atoms in total. The molecular weight excluding hydrogens is 304 g/mol. The van der Waals surface area contributed by atoms with Crippen molar-refractivity contribution in [2.45, 2.75) is 26.7 Å². The number of rotatable bonds is 7. The third-order valence-corrected chi connectivity index (χ3v) is 4.15. The van der Waals surface area contributed by atoms with E-state index < -0.39 is 0 Å². The van der Waals surface area contributed by atoms with Gasteiger partial charge in [-0.15, -0.1) is 0 Å². The summed E-state index contributed by atoms with van der Waals surface area (Å²) in [6, 6.07) is 7.98. The number of carbonyl (C=O) groups is 2. The van der Waals surface area contributed by atoms with Crippen LogP contribution >= 0.6 is 0 Å². The molecule has 0 aliphatic carbocycles. The number of piperazine rings is 1. The standard InChI is InChI=1S/C18H28N4O2/c1-3-10-21-11-13-22(14-12-21)17-6-4-16(5-7-17)20-18(24)8-9-19-15(2)23/h4-7H,3,8-14H2,1-2H3,(H,19,23)(H,20,24). The van der Waals surface area contributed by atoms with E-state index in [2.05, 4.69) is 39.5 Å². The van der Waals surface area contributed by atoms with Crippen LogP contribution in [0.15, 0.2) is 24.3 Å². The summed E-state index contributed by atoms with van der Waals surface area (Å²) in [5.74, 6) is -0.212. The lowest BCUT2D eigenvalue weighted by atomic mass is 10.2. The van der Waals surface area contributed by atoms with Gasteiger partial charge in [-0.3, -0.25) is 14.5 Å². The fourth-order valence-corrected chi connectivity index (χ4v) is 2.88. The van der Waals surface area contributed by atoms with E-state index in [1.807, 2.05) is 12.1 Å². The number of carbonyl (C=O) groups excluding carboxylic acids is 2. The monoisotopic (exact) mass is 332 g/mol. The van der Waals surface area contributed by atoms with Crippen LogP contribution in [0.25, 0.3) is 0 Å². The van der Waals surface area contributed by atoms with Crippen LogP contribution in [0.3, 0.4) is 0 Å². The molecule has 1 aliphatic heterocycles. The van der Waals surface area contributed by atoms with E-state index in [1.165, 1.54) is 25.6 Å². The lowest BCUT2D eigenvalue weighted by molar-refractivity contribution is -0.119. The molecule has 1 fully saturated rings. The summed E-state index contributed by atoms with van der Waals surface area (Å²) in [5, 5.41) is 5.47. The summed E-state index contributed by atoms with van der Waals surface area (Å²) in [6.07, 6.45) is 1.48. The highest BCUT2D eigenvalue weighted by Gasteiger charge is 2.16. The Bertz CT molecular complexity index is 536. The highest BCUT2D eigenvalue weighted by Crippen LogP contribution is 2.19. The summed E-state index contributed by atoms with van der Waals surface area (Å²) in [7, 11) is 0. The maximum Gasteiger partial charge on any atom is 0.226 e. The van der Waals surface area contributed by atoms with Gasteiger partial charge in [-0.05, 0) is 37.2 Å². The predicted octanol–water partition coefficient (Wildman–Crippen LogP) is 1.68. The van der Waals surface area contributed by atoms with Crippen molar-refractivity contribution in [3.05, 3.63) is 24.3 Å². The van der Waals surface area contributed by atoms with E-state index in [0.29, 0.717) is 6.54 Å². The minimum atomic E-state index is -0.119. The molecule has 1 saturated heterocycles. The molecule has 0 aromatic heterocycles. The molecule has 0 bridgehead atoms. The average Bonchev–Trinajstić information content (AvgIpc) is 2.56. The first-order valence-corrected chi connectivity index (χ1v) is 8.70. The molecule has 6 heteroatoms. The van der Waals surface area contributed by atoms with Crippen LogP contribution in [0, 0.1) is 0 Å². The Labute approximate surface area is 144 Å². The Kier molecular flexibility index (Phi) is 7.06. The van der Waals surface area contributed by atoms with E-state index in [-0.39, 0.29) is 18.2 Å². The molecule has 0 atom stereocenters. The maximum absolute atomic E-state index is 11.8. The van der Waals surface area contributed by atoms with Gasteiger partial charge >= 0.3 is 0 Å². The molecular formula is C18H28N4O2. The van der Waals surface area contributed by atoms with Gasteiger partial charge in [-0.1, -0.05) is 6.92 Å². The van der Waals surface area contributed by atoms with Crippen molar-refractivity contribution in [2.24, 2.45) is 0 Å². The van der Waals surface area contributed by atoms with Crippen LogP contribution < -0.4 is 15.5 Å². The average molecular weight is 332 g/mol. The van der Waals surface area contributed by atoms with Crippen LogP contribution in [-0.2, 0) is 9.59 Å². The zero-order valence-corrected chi connectivity index (χ0v) is 14.7. The first-order valence-electron chi connectivity index (χ1n) is 8.70. The van der Waals surface area contributed by atoms with Crippen LogP contribution in [0.4, 0.5) is 11.4 Å². The maximum atomic E-state index is 11.8. The van der Waals surface area contributed by atoms with Crippen molar-refractivity contribution in [1.82, 2.24) is 10.2 Å². The molecule has 2 N–H and O–H groups in total. The number of nitrogens with one attached hydrogen (secondary N) is 2. The lowest BCUT2D eigenvalue weighted by Gasteiger charge is -2.36. The predicted molar refractivity (Wildman–Crippen MR) is 97.3 cm³/mol. The summed E-state index contributed by atoms with van der Waals surface area (Å²) in [6.45, 7) is 9.50. The van der Waals surface area contributed by atoms with E-state index in [4.69, 9.17) is 0 Å². The topological polar surface area (TPSA) is 64.7 Å². The lowest BCUT2D eigenvalue weighted by Crippen LogP contribution is -2.46. The Hall–Kier alpha value is -2.08. The van der Waals surface area contributed by atoms with Gasteiger partial charge in [0.25, 0.3) is 0 Å². The van der Waals surface area contributed by atoms with Gasteiger partial charge in [-0.25, -0.2) is 0 Å². The van der Waals surface area contributed by atoms with E-state index in [1.54, 1.807) is 0 Å². The van der Waals surface area contributed by atoms with Crippen LogP contribution in [0.2, 0.25) is 0 Å². The Morgan fingerprint density at radius 1 is 1.08 bits per heavy atom. The minimum Gasteiger partial charge on any atom is -0.369 e. The fraction of sp³-hybridized carbons (Fsp3) is 0.556. The van der Waals surface area contributed by atoms with Crippen LogP contribution in [-0.4, -0.2) is 56.0 Å². The summed E-state index contributed by atoms with van der Waals surface area (Å²) >= 11 is 0. The van der Waals surface area contributed by atoms with Crippen LogP contribution in [0.1, 0.15) is 26.7 Å². The van der Waals surface area contributed by atoms with Crippen molar-refractivity contribution in [2.75, 3.05) is 49.5 Å². The number of hydrogen-bond donors (Lipinski definition) is 2. The van der Waals surface area contributed by atoms with Crippen molar-refractivity contribution in [3.63, 3.8) is 0 Å². The third kappa shape index (κ3) is 5.85. The largest absolute Gasteiger partial charge is 0.369 e. The normalized spacial score (nSPS) is 15.2. The molecule has 2 amide bonds. The van der Waals surface area contributed by atoms with Gasteiger partial charge < -0.3 is 15.5 Å². The second-order valence-electron chi connectivity index (χ2n) is 6.16. The van der Waals surface area contributed by atoms with E-state index in [9.17, 15) is 9.59 Å². The molecule has 0 saturated carbocycles. The van der Waals surface area contributed by atoms with Gasteiger partial charge in [0, 0.05) is 57.4 Å². The number of benzene rings is 1. The molecule has 24 heavy (non-hydrogen) atoms. The van der Waals surface area contributed by atoms with Gasteiger partial charge in [0.15, 0.2) is 0 Å². The smallest absolute Gasteiger partial charge is 0.226 e. The van der Waals surface area contributed by atoms with Crippen molar-refractivity contribution in [3.8, 4) is 0 Å².